The number of carbonyl (C=O) groups excluding carboxylic acids is 2. The van der Waals surface area contributed by atoms with Gasteiger partial charge in [-0.05, 0) is 44.0 Å². The van der Waals surface area contributed by atoms with E-state index in [4.69, 9.17) is 9.47 Å². The molecule has 0 saturated carbocycles. The zero-order valence-corrected chi connectivity index (χ0v) is 14.8. The maximum absolute atomic E-state index is 12.0. The molecule has 2 aromatic rings. The molecule has 0 bridgehead atoms. The number of nitrogens with zero attached hydrogens (tertiary/aromatic N) is 1. The van der Waals surface area contributed by atoms with E-state index in [0.717, 1.165) is 16.8 Å². The number of hydrogen-bond donors (Lipinski definition) is 2. The predicted octanol–water partition coefficient (Wildman–Crippen LogP) is 2.69. The van der Waals surface area contributed by atoms with Crippen molar-refractivity contribution in [1.82, 2.24) is 15.5 Å². The summed E-state index contributed by atoms with van der Waals surface area (Å²) in [6.45, 7) is 5.27. The van der Waals surface area contributed by atoms with Gasteiger partial charge in [-0.1, -0.05) is 18.2 Å². The van der Waals surface area contributed by atoms with Gasteiger partial charge in [0.2, 0.25) is 0 Å². The van der Waals surface area contributed by atoms with Gasteiger partial charge in [-0.2, -0.15) is 5.10 Å². The molecule has 0 unspecified atom stereocenters. The molecule has 0 aliphatic rings. The largest absolute Gasteiger partial charge is 0.467 e. The summed E-state index contributed by atoms with van der Waals surface area (Å²) in [5.41, 5.74) is 2.04. The highest BCUT2D eigenvalue weighted by atomic mass is 16.6. The normalized spacial score (nSPS) is 12.3. The molecule has 2 N–H and O–H groups in total. The van der Waals surface area contributed by atoms with Crippen molar-refractivity contribution in [2.45, 2.75) is 38.8 Å². The number of alkyl carbamates (subject to hydrolysis) is 1. The third kappa shape index (κ3) is 5.63. The first kappa shape index (κ1) is 18.5. The monoisotopic (exact) mass is 345 g/mol. The number of amides is 1. The van der Waals surface area contributed by atoms with Crippen LogP contribution in [0.15, 0.2) is 36.5 Å². The highest BCUT2D eigenvalue weighted by Crippen LogP contribution is 2.18. The van der Waals surface area contributed by atoms with E-state index in [9.17, 15) is 9.59 Å². The molecule has 0 spiro atoms. The molecule has 134 valence electrons. The van der Waals surface area contributed by atoms with Gasteiger partial charge in [-0.25, -0.2) is 9.59 Å². The van der Waals surface area contributed by atoms with Crippen LogP contribution in [0.1, 0.15) is 26.3 Å². The van der Waals surface area contributed by atoms with Crippen LogP contribution in [-0.2, 0) is 20.7 Å². The summed E-state index contributed by atoms with van der Waals surface area (Å²) in [6.07, 6.45) is 1.30. The van der Waals surface area contributed by atoms with Crippen LogP contribution in [-0.4, -0.2) is 41.0 Å². The molecule has 0 saturated heterocycles. The lowest BCUT2D eigenvalue weighted by atomic mass is 10.0. The number of benzene rings is 1. The van der Waals surface area contributed by atoms with Crippen molar-refractivity contribution < 1.29 is 19.1 Å². The summed E-state index contributed by atoms with van der Waals surface area (Å²) in [5.74, 6) is -0.530. The summed E-state index contributed by atoms with van der Waals surface area (Å²) in [7, 11) is 1.28. The zero-order valence-electron chi connectivity index (χ0n) is 14.8. The van der Waals surface area contributed by atoms with Gasteiger partial charge in [-0.15, -0.1) is 0 Å². The number of aromatic amines is 1. The molecule has 1 atom stereocenters. The van der Waals surface area contributed by atoms with Crippen LogP contribution in [0.3, 0.4) is 0 Å². The van der Waals surface area contributed by atoms with Gasteiger partial charge < -0.3 is 14.8 Å². The lowest BCUT2D eigenvalue weighted by Gasteiger charge is -2.22. The number of nitrogens with one attached hydrogen (secondary N) is 2. The highest BCUT2D eigenvalue weighted by molar-refractivity contribution is 5.81. The SMILES string of the molecule is COC(=O)[C@@H](Cc1cccc(-c2ccn[nH]2)c1)NC(=O)OC(C)(C)C. The van der Waals surface area contributed by atoms with Crippen LogP contribution in [0.4, 0.5) is 4.79 Å². The van der Waals surface area contributed by atoms with Crippen LogP contribution in [0.2, 0.25) is 0 Å². The molecule has 1 aromatic heterocycles. The van der Waals surface area contributed by atoms with E-state index in [-0.39, 0.29) is 6.42 Å². The fraction of sp³-hybridized carbons (Fsp3) is 0.389. The summed E-state index contributed by atoms with van der Waals surface area (Å²) < 4.78 is 10.0. The smallest absolute Gasteiger partial charge is 0.408 e. The van der Waals surface area contributed by atoms with Crippen LogP contribution in [0, 0.1) is 0 Å². The highest BCUT2D eigenvalue weighted by Gasteiger charge is 2.25. The van der Waals surface area contributed by atoms with E-state index in [1.165, 1.54) is 7.11 Å². The number of methoxy groups -OCH3 is 1. The van der Waals surface area contributed by atoms with Crippen LogP contribution in [0.5, 0.6) is 0 Å². The van der Waals surface area contributed by atoms with E-state index in [1.54, 1.807) is 27.0 Å². The molecule has 7 heteroatoms. The molecule has 1 aromatic carbocycles. The topological polar surface area (TPSA) is 93.3 Å². The first-order chi connectivity index (χ1) is 11.8. The standard InChI is InChI=1S/C18H23N3O4/c1-18(2,3)25-17(23)20-15(16(22)24-4)11-12-6-5-7-13(10-12)14-8-9-19-21-14/h5-10,15H,11H2,1-4H3,(H,19,21)(H,20,23)/t15-/m1/s1. The van der Waals surface area contributed by atoms with E-state index in [0.29, 0.717) is 0 Å². The molecule has 0 aliphatic carbocycles. The Morgan fingerprint density at radius 3 is 2.64 bits per heavy atom. The van der Waals surface area contributed by atoms with Gasteiger partial charge in [0, 0.05) is 12.6 Å². The third-order valence-corrected chi connectivity index (χ3v) is 3.36. The Bertz CT molecular complexity index is 720. The third-order valence-electron chi connectivity index (χ3n) is 3.36. The van der Waals surface area contributed by atoms with Crippen molar-refractivity contribution in [3.8, 4) is 11.3 Å². The average molecular weight is 345 g/mol. The molecular weight excluding hydrogens is 322 g/mol. The quantitative estimate of drug-likeness (QED) is 0.813. The lowest BCUT2D eigenvalue weighted by Crippen LogP contribution is -2.45. The second-order valence-corrected chi connectivity index (χ2v) is 6.60. The number of hydrogen-bond acceptors (Lipinski definition) is 5. The van der Waals surface area contributed by atoms with Crippen molar-refractivity contribution in [1.29, 1.82) is 0 Å². The van der Waals surface area contributed by atoms with Crippen molar-refractivity contribution in [3.05, 3.63) is 42.1 Å². The molecule has 0 fully saturated rings. The number of esters is 1. The molecule has 1 amide bonds. The van der Waals surface area contributed by atoms with Crippen LogP contribution < -0.4 is 5.32 Å². The number of H-pyrrole nitrogens is 1. The van der Waals surface area contributed by atoms with E-state index < -0.39 is 23.7 Å². The molecule has 7 nitrogen and oxygen atoms in total. The number of aromatic nitrogens is 2. The fourth-order valence-corrected chi connectivity index (χ4v) is 2.30. The van der Waals surface area contributed by atoms with Crippen molar-refractivity contribution in [3.63, 3.8) is 0 Å². The van der Waals surface area contributed by atoms with Gasteiger partial charge in [0.1, 0.15) is 11.6 Å². The van der Waals surface area contributed by atoms with Crippen molar-refractivity contribution in [2.24, 2.45) is 0 Å². The Morgan fingerprint density at radius 1 is 1.28 bits per heavy atom. The van der Waals surface area contributed by atoms with E-state index in [2.05, 4.69) is 15.5 Å². The summed E-state index contributed by atoms with van der Waals surface area (Å²) in [6, 6.07) is 8.65. The molecule has 2 rings (SSSR count). The molecule has 25 heavy (non-hydrogen) atoms. The number of carbonyl (C=O) groups is 2. The number of ether oxygens (including phenoxy) is 2. The van der Waals surface area contributed by atoms with Gasteiger partial charge in [0.25, 0.3) is 0 Å². The first-order valence-corrected chi connectivity index (χ1v) is 7.94. The first-order valence-electron chi connectivity index (χ1n) is 7.94. The minimum Gasteiger partial charge on any atom is -0.467 e. The van der Waals surface area contributed by atoms with Gasteiger partial charge >= 0.3 is 12.1 Å². The second kappa shape index (κ2) is 7.83. The Labute approximate surface area is 146 Å². The summed E-state index contributed by atoms with van der Waals surface area (Å²) >= 11 is 0. The molecule has 0 radical (unpaired) electrons. The van der Waals surface area contributed by atoms with Crippen LogP contribution >= 0.6 is 0 Å². The Kier molecular flexibility index (Phi) is 5.80. The second-order valence-electron chi connectivity index (χ2n) is 6.60. The van der Waals surface area contributed by atoms with Gasteiger partial charge in [0.05, 0.1) is 12.8 Å². The van der Waals surface area contributed by atoms with Gasteiger partial charge in [0.15, 0.2) is 0 Å². The molecule has 0 aliphatic heterocycles. The minimum absolute atomic E-state index is 0.286. The van der Waals surface area contributed by atoms with Gasteiger partial charge in [-0.3, -0.25) is 5.10 Å². The molecular formula is C18H23N3O4. The summed E-state index contributed by atoms with van der Waals surface area (Å²) in [4.78, 5) is 24.0. The number of rotatable bonds is 5. The Hall–Kier alpha value is -2.83. The maximum atomic E-state index is 12.0. The molecule has 1 heterocycles. The lowest BCUT2D eigenvalue weighted by molar-refractivity contribution is -0.143. The fourth-order valence-electron chi connectivity index (χ4n) is 2.30. The summed E-state index contributed by atoms with van der Waals surface area (Å²) in [5, 5.41) is 9.40. The van der Waals surface area contributed by atoms with Crippen molar-refractivity contribution >= 4 is 12.1 Å². The Morgan fingerprint density at radius 2 is 2.04 bits per heavy atom. The Balaban J connectivity index is 2.13. The van der Waals surface area contributed by atoms with Crippen LogP contribution in [0.25, 0.3) is 11.3 Å². The van der Waals surface area contributed by atoms with E-state index >= 15 is 0 Å². The minimum atomic E-state index is -0.836. The van der Waals surface area contributed by atoms with Crippen molar-refractivity contribution in [2.75, 3.05) is 7.11 Å². The average Bonchev–Trinajstić information content (AvgIpc) is 3.06. The zero-order chi connectivity index (χ0) is 18.4. The maximum Gasteiger partial charge on any atom is 0.408 e. The van der Waals surface area contributed by atoms with E-state index in [1.807, 2.05) is 30.3 Å². The predicted molar refractivity (Wildman–Crippen MR) is 92.9 cm³/mol.